The van der Waals surface area contributed by atoms with E-state index in [1.54, 1.807) is 0 Å². The lowest BCUT2D eigenvalue weighted by Crippen LogP contribution is -2.36. The van der Waals surface area contributed by atoms with Gasteiger partial charge in [-0.1, -0.05) is 0 Å². The van der Waals surface area contributed by atoms with Gasteiger partial charge in [0.1, 0.15) is 4.60 Å². The van der Waals surface area contributed by atoms with Crippen molar-refractivity contribution >= 4 is 21.6 Å². The van der Waals surface area contributed by atoms with Crippen molar-refractivity contribution in [1.82, 2.24) is 9.88 Å². The summed E-state index contributed by atoms with van der Waals surface area (Å²) in [7, 11) is 4.09. The van der Waals surface area contributed by atoms with Gasteiger partial charge >= 0.3 is 0 Å². The van der Waals surface area contributed by atoms with Crippen LogP contribution < -0.4 is 4.90 Å². The van der Waals surface area contributed by atoms with Crippen LogP contribution in [0.2, 0.25) is 0 Å². The molecule has 2 heterocycles. The van der Waals surface area contributed by atoms with Gasteiger partial charge < -0.3 is 14.5 Å². The highest BCUT2D eigenvalue weighted by molar-refractivity contribution is 9.10. The van der Waals surface area contributed by atoms with Crippen LogP contribution in [0, 0.1) is 0 Å². The van der Waals surface area contributed by atoms with E-state index in [4.69, 9.17) is 4.74 Å². The van der Waals surface area contributed by atoms with Gasteiger partial charge in [-0.25, -0.2) is 4.98 Å². The van der Waals surface area contributed by atoms with E-state index in [0.29, 0.717) is 0 Å². The molecule has 0 unspecified atom stereocenters. The standard InChI is InChI=1S/C12H18BrN3O/c1-15(2)9-10-3-4-11(12(13)14-10)16-5-7-17-8-6-16/h3-4H,5-9H2,1-2H3. The van der Waals surface area contributed by atoms with Crippen molar-refractivity contribution in [1.29, 1.82) is 0 Å². The number of nitrogens with zero attached hydrogens (tertiary/aromatic N) is 3. The third-order valence-electron chi connectivity index (χ3n) is 2.72. The number of aromatic nitrogens is 1. The van der Waals surface area contributed by atoms with Crippen LogP contribution in [0.5, 0.6) is 0 Å². The van der Waals surface area contributed by atoms with Crippen molar-refractivity contribution in [2.45, 2.75) is 6.54 Å². The van der Waals surface area contributed by atoms with Crippen molar-refractivity contribution in [2.24, 2.45) is 0 Å². The second kappa shape index (κ2) is 5.80. The van der Waals surface area contributed by atoms with Crippen LogP contribution in [0.3, 0.4) is 0 Å². The Kier molecular flexibility index (Phi) is 4.36. The van der Waals surface area contributed by atoms with E-state index >= 15 is 0 Å². The summed E-state index contributed by atoms with van der Waals surface area (Å²) in [6.07, 6.45) is 0. The zero-order valence-electron chi connectivity index (χ0n) is 10.3. The number of ether oxygens (including phenoxy) is 1. The van der Waals surface area contributed by atoms with Crippen LogP contribution in [0.1, 0.15) is 5.69 Å². The Morgan fingerprint density at radius 2 is 2.06 bits per heavy atom. The minimum Gasteiger partial charge on any atom is -0.378 e. The van der Waals surface area contributed by atoms with Gasteiger partial charge in [-0.05, 0) is 42.2 Å². The maximum atomic E-state index is 5.35. The summed E-state index contributed by atoms with van der Waals surface area (Å²) in [5.74, 6) is 0. The van der Waals surface area contributed by atoms with Gasteiger partial charge in [0, 0.05) is 19.6 Å². The van der Waals surface area contributed by atoms with Crippen molar-refractivity contribution in [3.05, 3.63) is 22.4 Å². The summed E-state index contributed by atoms with van der Waals surface area (Å²) in [4.78, 5) is 9.00. The highest BCUT2D eigenvalue weighted by Gasteiger charge is 2.14. The molecule has 94 valence electrons. The number of hydrogen-bond acceptors (Lipinski definition) is 4. The molecular formula is C12H18BrN3O. The molecule has 0 aromatic carbocycles. The zero-order valence-corrected chi connectivity index (χ0v) is 11.9. The molecule has 1 aliphatic rings. The van der Waals surface area contributed by atoms with Crippen LogP contribution in [0.4, 0.5) is 5.69 Å². The fraction of sp³-hybridized carbons (Fsp3) is 0.583. The largest absolute Gasteiger partial charge is 0.378 e. The minimum atomic E-state index is 0.798. The smallest absolute Gasteiger partial charge is 0.129 e. The van der Waals surface area contributed by atoms with Crippen molar-refractivity contribution in [3.8, 4) is 0 Å². The molecule has 0 bridgehead atoms. The van der Waals surface area contributed by atoms with Crippen LogP contribution in [-0.4, -0.2) is 50.3 Å². The Bertz CT molecular complexity index is 378. The number of anilines is 1. The van der Waals surface area contributed by atoms with E-state index in [0.717, 1.165) is 48.8 Å². The van der Waals surface area contributed by atoms with Gasteiger partial charge in [-0.3, -0.25) is 0 Å². The normalized spacial score (nSPS) is 16.6. The topological polar surface area (TPSA) is 28.6 Å². The molecule has 17 heavy (non-hydrogen) atoms. The van der Waals surface area contributed by atoms with Gasteiger partial charge in [0.25, 0.3) is 0 Å². The first-order valence-electron chi connectivity index (χ1n) is 5.79. The first-order valence-corrected chi connectivity index (χ1v) is 6.59. The molecule has 0 spiro atoms. The predicted molar refractivity (Wildman–Crippen MR) is 72.4 cm³/mol. The van der Waals surface area contributed by atoms with Gasteiger partial charge in [0.15, 0.2) is 0 Å². The maximum absolute atomic E-state index is 5.35. The monoisotopic (exact) mass is 299 g/mol. The molecule has 0 radical (unpaired) electrons. The van der Waals surface area contributed by atoms with E-state index < -0.39 is 0 Å². The molecule has 5 heteroatoms. The Morgan fingerprint density at radius 3 is 2.65 bits per heavy atom. The third kappa shape index (κ3) is 3.40. The SMILES string of the molecule is CN(C)Cc1ccc(N2CCOCC2)c(Br)n1. The number of pyridine rings is 1. The Labute approximate surface area is 111 Å². The fourth-order valence-corrected chi connectivity index (χ4v) is 2.53. The van der Waals surface area contributed by atoms with Crippen LogP contribution in [-0.2, 0) is 11.3 Å². The number of rotatable bonds is 3. The Balaban J connectivity index is 2.13. The second-order valence-electron chi connectivity index (χ2n) is 4.45. The molecule has 1 aromatic rings. The van der Waals surface area contributed by atoms with Crippen LogP contribution in [0.25, 0.3) is 0 Å². The molecular weight excluding hydrogens is 282 g/mol. The van der Waals surface area contributed by atoms with Gasteiger partial charge in [-0.2, -0.15) is 0 Å². The van der Waals surface area contributed by atoms with Gasteiger partial charge in [0.2, 0.25) is 0 Å². The molecule has 1 aromatic heterocycles. The zero-order chi connectivity index (χ0) is 12.3. The van der Waals surface area contributed by atoms with Crippen LogP contribution in [0.15, 0.2) is 16.7 Å². The van der Waals surface area contributed by atoms with E-state index in [2.05, 4.69) is 42.8 Å². The second-order valence-corrected chi connectivity index (χ2v) is 5.20. The van der Waals surface area contributed by atoms with E-state index in [9.17, 15) is 0 Å². The first-order chi connectivity index (χ1) is 8.16. The molecule has 4 nitrogen and oxygen atoms in total. The highest BCUT2D eigenvalue weighted by atomic mass is 79.9. The average molecular weight is 300 g/mol. The molecule has 0 aliphatic carbocycles. The molecule has 2 rings (SSSR count). The molecule has 1 fully saturated rings. The molecule has 1 saturated heterocycles. The third-order valence-corrected chi connectivity index (χ3v) is 3.30. The summed E-state index contributed by atoms with van der Waals surface area (Å²) in [6.45, 7) is 4.33. The quantitative estimate of drug-likeness (QED) is 0.795. The molecule has 1 aliphatic heterocycles. The lowest BCUT2D eigenvalue weighted by Gasteiger charge is -2.29. The molecule has 0 saturated carbocycles. The van der Waals surface area contributed by atoms with Crippen molar-refractivity contribution in [2.75, 3.05) is 45.3 Å². The van der Waals surface area contributed by atoms with Gasteiger partial charge in [-0.15, -0.1) is 0 Å². The summed E-state index contributed by atoms with van der Waals surface area (Å²) >= 11 is 3.56. The van der Waals surface area contributed by atoms with Crippen molar-refractivity contribution < 1.29 is 4.74 Å². The Morgan fingerprint density at radius 1 is 1.35 bits per heavy atom. The Hall–Kier alpha value is -0.650. The summed E-state index contributed by atoms with van der Waals surface area (Å²) in [6, 6.07) is 4.23. The summed E-state index contributed by atoms with van der Waals surface area (Å²) in [5.41, 5.74) is 2.25. The lowest BCUT2D eigenvalue weighted by atomic mass is 10.3. The number of halogens is 1. The summed E-state index contributed by atoms with van der Waals surface area (Å²) in [5, 5.41) is 0. The molecule has 0 N–H and O–H groups in total. The van der Waals surface area contributed by atoms with Crippen molar-refractivity contribution in [3.63, 3.8) is 0 Å². The minimum absolute atomic E-state index is 0.798. The predicted octanol–water partition coefficient (Wildman–Crippen LogP) is 1.74. The van der Waals surface area contributed by atoms with Gasteiger partial charge in [0.05, 0.1) is 24.6 Å². The van der Waals surface area contributed by atoms with Crippen LogP contribution >= 0.6 is 15.9 Å². The fourth-order valence-electron chi connectivity index (χ4n) is 1.92. The molecule has 0 amide bonds. The molecule has 0 atom stereocenters. The average Bonchev–Trinajstić information content (AvgIpc) is 2.29. The van der Waals surface area contributed by atoms with E-state index in [-0.39, 0.29) is 0 Å². The van der Waals surface area contributed by atoms with E-state index in [1.807, 2.05) is 14.1 Å². The summed E-state index contributed by atoms with van der Waals surface area (Å²) < 4.78 is 6.28. The highest BCUT2D eigenvalue weighted by Crippen LogP contribution is 2.25. The lowest BCUT2D eigenvalue weighted by molar-refractivity contribution is 0.122. The number of hydrogen-bond donors (Lipinski definition) is 0. The maximum Gasteiger partial charge on any atom is 0.129 e. The first kappa shape index (κ1) is 12.8. The number of morpholine rings is 1. The van der Waals surface area contributed by atoms with E-state index in [1.165, 1.54) is 0 Å².